The number of benzene rings is 1. The van der Waals surface area contributed by atoms with Crippen LogP contribution in [0.25, 0.3) is 6.08 Å². The van der Waals surface area contributed by atoms with Gasteiger partial charge >= 0.3 is 0 Å². The molecular weight excluding hydrogens is 374 g/mol. The molecule has 1 aromatic rings. The standard InChI is InChI=1S/C14H10BrNO3S2/c1-2-3-20-14-16-10(13(17)21-14)4-8-5-11-12(6-9(8)15)19-7-18-11/h2,4-6H,1,3,7H2. The third-order valence-corrected chi connectivity index (χ3v) is 5.40. The summed E-state index contributed by atoms with van der Waals surface area (Å²) in [6, 6.07) is 3.67. The highest BCUT2D eigenvalue weighted by Crippen LogP contribution is 2.39. The first kappa shape index (κ1) is 14.7. The molecule has 0 radical (unpaired) electrons. The summed E-state index contributed by atoms with van der Waals surface area (Å²) in [5, 5.41) is -0.0499. The van der Waals surface area contributed by atoms with Crippen molar-refractivity contribution < 1.29 is 14.3 Å². The van der Waals surface area contributed by atoms with E-state index in [1.165, 1.54) is 11.8 Å². The zero-order valence-corrected chi connectivity index (χ0v) is 14.0. The third-order valence-electron chi connectivity index (χ3n) is 2.71. The van der Waals surface area contributed by atoms with Gasteiger partial charge in [-0.15, -0.1) is 6.58 Å². The normalized spacial score (nSPS) is 18.2. The number of nitrogens with zero attached hydrogens (tertiary/aromatic N) is 1. The van der Waals surface area contributed by atoms with Crippen molar-refractivity contribution in [2.75, 3.05) is 12.5 Å². The second-order valence-corrected chi connectivity index (χ2v) is 7.21. The fourth-order valence-electron chi connectivity index (χ4n) is 1.77. The molecule has 21 heavy (non-hydrogen) atoms. The molecule has 0 aliphatic carbocycles. The van der Waals surface area contributed by atoms with Crippen LogP contribution < -0.4 is 9.47 Å². The van der Waals surface area contributed by atoms with E-state index in [1.54, 1.807) is 12.2 Å². The smallest absolute Gasteiger partial charge is 0.244 e. The number of rotatable bonds is 3. The van der Waals surface area contributed by atoms with Gasteiger partial charge in [0.15, 0.2) is 11.5 Å². The summed E-state index contributed by atoms with van der Waals surface area (Å²) < 4.78 is 12.2. The Morgan fingerprint density at radius 1 is 1.43 bits per heavy atom. The molecule has 0 unspecified atom stereocenters. The number of carbonyl (C=O) groups is 1. The zero-order chi connectivity index (χ0) is 14.8. The quantitative estimate of drug-likeness (QED) is 0.581. The minimum atomic E-state index is -0.0499. The van der Waals surface area contributed by atoms with E-state index < -0.39 is 0 Å². The van der Waals surface area contributed by atoms with E-state index in [0.717, 1.165) is 31.9 Å². The Balaban J connectivity index is 1.89. The molecule has 2 aliphatic heterocycles. The molecule has 1 aromatic carbocycles. The molecule has 0 N–H and O–H groups in total. The summed E-state index contributed by atoms with van der Waals surface area (Å²) in [7, 11) is 0. The molecule has 0 saturated heterocycles. The topological polar surface area (TPSA) is 47.9 Å². The number of thioether (sulfide) groups is 2. The van der Waals surface area contributed by atoms with E-state index >= 15 is 0 Å². The van der Waals surface area contributed by atoms with Gasteiger partial charge in [0, 0.05) is 10.2 Å². The SMILES string of the molecule is C=CCSC1=NC(=Cc2cc3c(cc2Br)OCO3)C(=O)S1. The number of aliphatic imine (C=N–C) groups is 1. The van der Waals surface area contributed by atoms with Crippen LogP contribution in [0.3, 0.4) is 0 Å². The van der Waals surface area contributed by atoms with Crippen molar-refractivity contribution in [2.24, 2.45) is 4.99 Å². The van der Waals surface area contributed by atoms with Crippen molar-refractivity contribution in [2.45, 2.75) is 0 Å². The van der Waals surface area contributed by atoms with E-state index in [9.17, 15) is 4.79 Å². The summed E-state index contributed by atoms with van der Waals surface area (Å²) in [5.41, 5.74) is 1.27. The lowest BCUT2D eigenvalue weighted by Crippen LogP contribution is -1.92. The number of hydrogen-bond acceptors (Lipinski definition) is 6. The van der Waals surface area contributed by atoms with Crippen LogP contribution in [0.4, 0.5) is 0 Å². The summed E-state index contributed by atoms with van der Waals surface area (Å²) in [6.07, 6.45) is 3.54. The molecule has 108 valence electrons. The van der Waals surface area contributed by atoms with Crippen molar-refractivity contribution >= 4 is 55.0 Å². The molecule has 2 aliphatic rings. The molecule has 0 amide bonds. The molecule has 0 spiro atoms. The van der Waals surface area contributed by atoms with Gasteiger partial charge in [-0.3, -0.25) is 4.79 Å². The lowest BCUT2D eigenvalue weighted by Gasteiger charge is -2.02. The molecule has 0 atom stereocenters. The van der Waals surface area contributed by atoms with E-state index in [0.29, 0.717) is 17.2 Å². The Kier molecular flexibility index (Phi) is 4.42. The van der Waals surface area contributed by atoms with Gasteiger partial charge in [0.1, 0.15) is 10.1 Å². The van der Waals surface area contributed by atoms with Gasteiger partial charge in [-0.2, -0.15) is 0 Å². The Hall–Kier alpha value is -1.18. The monoisotopic (exact) mass is 383 g/mol. The summed E-state index contributed by atoms with van der Waals surface area (Å²) >= 11 is 6.12. The molecule has 3 rings (SSSR count). The average Bonchev–Trinajstić information content (AvgIpc) is 3.04. The molecule has 0 saturated carbocycles. The van der Waals surface area contributed by atoms with Crippen molar-refractivity contribution in [1.82, 2.24) is 0 Å². The van der Waals surface area contributed by atoms with E-state index in [1.807, 2.05) is 12.1 Å². The van der Waals surface area contributed by atoms with Crippen LogP contribution in [0.5, 0.6) is 11.5 Å². The summed E-state index contributed by atoms with van der Waals surface area (Å²) in [5.74, 6) is 2.11. The van der Waals surface area contributed by atoms with Crippen LogP contribution in [0, 0.1) is 0 Å². The van der Waals surface area contributed by atoms with Gasteiger partial charge < -0.3 is 9.47 Å². The minimum Gasteiger partial charge on any atom is -0.454 e. The fourth-order valence-corrected chi connectivity index (χ4v) is 3.81. The number of fused-ring (bicyclic) bond motifs is 1. The van der Waals surface area contributed by atoms with Crippen LogP contribution in [0.15, 0.2) is 39.9 Å². The van der Waals surface area contributed by atoms with Crippen LogP contribution in [-0.2, 0) is 4.79 Å². The van der Waals surface area contributed by atoms with Crippen molar-refractivity contribution in [3.05, 3.63) is 40.5 Å². The van der Waals surface area contributed by atoms with Gasteiger partial charge in [0.25, 0.3) is 0 Å². The second-order valence-electron chi connectivity index (χ2n) is 4.12. The molecule has 0 aromatic heterocycles. The molecule has 2 heterocycles. The first-order chi connectivity index (χ1) is 10.2. The Morgan fingerprint density at radius 2 is 2.19 bits per heavy atom. The highest BCUT2D eigenvalue weighted by molar-refractivity contribution is 9.10. The lowest BCUT2D eigenvalue weighted by molar-refractivity contribution is -0.107. The molecule has 4 nitrogen and oxygen atoms in total. The average molecular weight is 384 g/mol. The minimum absolute atomic E-state index is 0.0499. The number of carbonyl (C=O) groups excluding carboxylic acids is 1. The first-order valence-corrected chi connectivity index (χ1v) is 8.62. The van der Waals surface area contributed by atoms with Crippen LogP contribution in [0.1, 0.15) is 5.56 Å². The molecule has 0 bridgehead atoms. The van der Waals surface area contributed by atoms with Gasteiger partial charge in [-0.1, -0.05) is 33.8 Å². The molecule has 7 heteroatoms. The summed E-state index contributed by atoms with van der Waals surface area (Å²) in [6.45, 7) is 3.88. The van der Waals surface area contributed by atoms with Crippen molar-refractivity contribution in [3.63, 3.8) is 0 Å². The van der Waals surface area contributed by atoms with Gasteiger partial charge in [0.05, 0.1) is 0 Å². The number of hydrogen-bond donors (Lipinski definition) is 0. The highest BCUT2D eigenvalue weighted by Gasteiger charge is 2.23. The number of ether oxygens (including phenoxy) is 2. The Bertz CT molecular complexity index is 685. The predicted octanol–water partition coefficient (Wildman–Crippen LogP) is 4.07. The predicted molar refractivity (Wildman–Crippen MR) is 90.9 cm³/mol. The molecule has 0 fully saturated rings. The first-order valence-electron chi connectivity index (χ1n) is 6.03. The fraction of sp³-hybridized carbons (Fsp3) is 0.143. The second kappa shape index (κ2) is 6.29. The van der Waals surface area contributed by atoms with Gasteiger partial charge in [0.2, 0.25) is 11.9 Å². The zero-order valence-electron chi connectivity index (χ0n) is 10.8. The van der Waals surface area contributed by atoms with Crippen molar-refractivity contribution in [1.29, 1.82) is 0 Å². The molecular formula is C14H10BrNO3S2. The highest BCUT2D eigenvalue weighted by atomic mass is 79.9. The number of halogens is 1. The largest absolute Gasteiger partial charge is 0.454 e. The van der Waals surface area contributed by atoms with Crippen molar-refractivity contribution in [3.8, 4) is 11.5 Å². The van der Waals surface area contributed by atoms with E-state index in [2.05, 4.69) is 27.5 Å². The summed E-state index contributed by atoms with van der Waals surface area (Å²) in [4.78, 5) is 16.3. The maximum Gasteiger partial charge on any atom is 0.244 e. The van der Waals surface area contributed by atoms with Gasteiger partial charge in [-0.05, 0) is 35.5 Å². The van der Waals surface area contributed by atoms with E-state index in [4.69, 9.17) is 9.47 Å². The third kappa shape index (κ3) is 3.20. The van der Waals surface area contributed by atoms with Crippen LogP contribution in [-0.4, -0.2) is 22.0 Å². The van der Waals surface area contributed by atoms with E-state index in [-0.39, 0.29) is 11.9 Å². The maximum atomic E-state index is 12.0. The Morgan fingerprint density at radius 3 is 2.95 bits per heavy atom. The lowest BCUT2D eigenvalue weighted by atomic mass is 10.1. The maximum absolute atomic E-state index is 12.0. The van der Waals surface area contributed by atoms with Gasteiger partial charge in [-0.25, -0.2) is 4.99 Å². The Labute approximate surface area is 138 Å². The van der Waals surface area contributed by atoms with Crippen LogP contribution in [0.2, 0.25) is 0 Å². The van der Waals surface area contributed by atoms with Crippen LogP contribution >= 0.6 is 39.5 Å².